The molecule has 0 aromatic heterocycles. The number of nitrogens with zero attached hydrogens (tertiary/aromatic N) is 1. The highest BCUT2D eigenvalue weighted by molar-refractivity contribution is 5.97. The lowest BCUT2D eigenvalue weighted by Gasteiger charge is -2.32. The van der Waals surface area contributed by atoms with Gasteiger partial charge in [0.2, 0.25) is 23.6 Å². The summed E-state index contributed by atoms with van der Waals surface area (Å²) < 4.78 is 0. The number of unbranched alkanes of at least 4 members (excludes halogenated alkanes) is 3. The van der Waals surface area contributed by atoms with Crippen LogP contribution in [0.25, 0.3) is 22.3 Å². The molecule has 0 radical (unpaired) electrons. The first-order valence-electron chi connectivity index (χ1n) is 21.5. The van der Waals surface area contributed by atoms with E-state index >= 15 is 0 Å². The lowest BCUT2D eigenvalue weighted by atomic mass is 9.93. The molecule has 1 aliphatic heterocycles. The zero-order valence-corrected chi connectivity index (χ0v) is 36.1. The molecule has 334 valence electrons. The van der Waals surface area contributed by atoms with Crippen LogP contribution in [0.15, 0.2) is 84.9 Å². The molecule has 1 heterocycles. The first-order valence-corrected chi connectivity index (χ1v) is 21.5. The van der Waals surface area contributed by atoms with Crippen molar-refractivity contribution in [3.8, 4) is 33.8 Å². The second-order valence-electron chi connectivity index (χ2n) is 16.0. The van der Waals surface area contributed by atoms with Gasteiger partial charge in [0.1, 0.15) is 35.7 Å². The zero-order chi connectivity index (χ0) is 45.6. The second kappa shape index (κ2) is 22.4. The van der Waals surface area contributed by atoms with Crippen molar-refractivity contribution < 1.29 is 49.8 Å². The monoisotopic (exact) mass is 863 g/mol. The zero-order valence-electron chi connectivity index (χ0n) is 36.1. The molecular weight excluding hydrogens is 805 g/mol. The van der Waals surface area contributed by atoms with E-state index in [1.165, 1.54) is 68.8 Å². The Morgan fingerprint density at radius 3 is 2.13 bits per heavy atom. The number of likely N-dealkylation sites (N-methyl/N-ethyl adjacent to an activating group) is 1. The minimum absolute atomic E-state index is 0.0143. The predicted molar refractivity (Wildman–Crippen MR) is 237 cm³/mol. The normalized spacial score (nSPS) is 16.7. The van der Waals surface area contributed by atoms with Gasteiger partial charge in [-0.2, -0.15) is 0 Å². The third-order valence-corrected chi connectivity index (χ3v) is 11.2. The first-order chi connectivity index (χ1) is 30.2. The molecule has 5 amide bonds. The average molecular weight is 864 g/mol. The summed E-state index contributed by atoms with van der Waals surface area (Å²) in [6, 6.07) is 19.0. The van der Waals surface area contributed by atoms with Gasteiger partial charge >= 0.3 is 5.97 Å². The predicted octanol–water partition coefficient (Wildman–Crippen LogP) is 4.01. The number of aryl methyl sites for hydroxylation is 1. The molecule has 4 atom stereocenters. The molecule has 10 N–H and O–H groups in total. The molecule has 0 unspecified atom stereocenters. The largest absolute Gasteiger partial charge is 0.507 e. The summed E-state index contributed by atoms with van der Waals surface area (Å²) in [4.78, 5) is 81.5. The van der Waals surface area contributed by atoms with Crippen molar-refractivity contribution in [1.82, 2.24) is 26.2 Å². The first kappa shape index (κ1) is 47.3. The molecule has 15 nitrogen and oxygen atoms in total. The number of hydrogen-bond donors (Lipinski definition) is 8. The van der Waals surface area contributed by atoms with E-state index in [-0.39, 0.29) is 59.9 Å². The number of phenolic OH excluding ortho intramolecular Hbond substituents is 2. The maximum absolute atomic E-state index is 14.4. The van der Waals surface area contributed by atoms with E-state index in [9.17, 15) is 44.1 Å². The lowest BCUT2D eigenvalue weighted by molar-refractivity contribution is -0.368. The fourth-order valence-corrected chi connectivity index (χ4v) is 7.58. The Labute approximate surface area is 367 Å². The Balaban J connectivity index is 1.31. The number of carbonyl (C=O) groups excluding carboxylic acids is 5. The van der Waals surface area contributed by atoms with Gasteiger partial charge in [-0.1, -0.05) is 68.3 Å². The number of aromatic hydroxyl groups is 2. The summed E-state index contributed by atoms with van der Waals surface area (Å²) in [5, 5.41) is 42.3. The number of aliphatic carboxylic acids is 1. The van der Waals surface area contributed by atoms with Crippen LogP contribution in [0.5, 0.6) is 11.5 Å². The Morgan fingerprint density at radius 1 is 0.825 bits per heavy atom. The molecule has 15 heteroatoms. The quantitative estimate of drug-likeness (QED) is 0.0715. The molecule has 4 aromatic rings. The van der Waals surface area contributed by atoms with E-state index in [2.05, 4.69) is 58.2 Å². The molecule has 0 spiro atoms. The van der Waals surface area contributed by atoms with Crippen LogP contribution in [-0.4, -0.2) is 94.0 Å². The van der Waals surface area contributed by atoms with E-state index in [1.54, 1.807) is 12.1 Å². The van der Waals surface area contributed by atoms with Crippen LogP contribution in [0.2, 0.25) is 0 Å². The summed E-state index contributed by atoms with van der Waals surface area (Å²) in [7, 11) is 1.38. The van der Waals surface area contributed by atoms with Crippen LogP contribution in [-0.2, 0) is 36.8 Å². The average Bonchev–Trinajstić information content (AvgIpc) is 3.26. The smallest absolute Gasteiger partial charge is 0.326 e. The summed E-state index contributed by atoms with van der Waals surface area (Å²) in [6.45, 7) is 4.13. The number of carboxylic acid groups (broad SMARTS) is 1. The molecule has 5 rings (SSSR count). The highest BCUT2D eigenvalue weighted by Gasteiger charge is 2.36. The van der Waals surface area contributed by atoms with Crippen molar-refractivity contribution in [2.45, 2.75) is 95.8 Å². The van der Waals surface area contributed by atoms with Crippen molar-refractivity contribution >= 4 is 35.5 Å². The van der Waals surface area contributed by atoms with Gasteiger partial charge in [0.05, 0.1) is 6.54 Å². The van der Waals surface area contributed by atoms with Crippen molar-refractivity contribution in [3.63, 3.8) is 0 Å². The molecule has 4 bridgehead atoms. The number of quaternary nitrogens is 1. The van der Waals surface area contributed by atoms with Gasteiger partial charge in [0, 0.05) is 43.1 Å². The Kier molecular flexibility index (Phi) is 16.8. The maximum atomic E-state index is 14.4. The van der Waals surface area contributed by atoms with Gasteiger partial charge in [-0.25, -0.2) is 4.79 Å². The number of fused-ring (bicyclic) bond motifs is 5. The van der Waals surface area contributed by atoms with Crippen LogP contribution in [0.4, 0.5) is 0 Å². The van der Waals surface area contributed by atoms with Crippen LogP contribution in [0.3, 0.4) is 0 Å². The molecule has 1 aliphatic rings. The molecule has 0 fully saturated rings. The summed E-state index contributed by atoms with van der Waals surface area (Å²) >= 11 is 0. The number of nitrogens with one attached hydrogen (secondary N) is 4. The number of hydrogen-bond acceptors (Lipinski definition) is 8. The fraction of sp³-hybridized carbons (Fsp3) is 0.375. The topological polar surface area (TPSA) is 242 Å². The summed E-state index contributed by atoms with van der Waals surface area (Å²) in [6.07, 6.45) is 5.65. The molecule has 0 aliphatic carbocycles. The summed E-state index contributed by atoms with van der Waals surface area (Å²) in [5.41, 5.74) is 8.48. The number of rotatable bonds is 17. The van der Waals surface area contributed by atoms with Gasteiger partial charge in [-0.05, 0) is 103 Å². The number of phenols is 2. The highest BCUT2D eigenvalue weighted by Crippen LogP contribution is 2.39. The molecule has 0 saturated heterocycles. The van der Waals surface area contributed by atoms with Crippen LogP contribution in [0, 0.1) is 0 Å². The number of benzene rings is 4. The van der Waals surface area contributed by atoms with E-state index < -0.39 is 53.8 Å². The van der Waals surface area contributed by atoms with Gasteiger partial charge in [0.15, 0.2) is 0 Å². The van der Waals surface area contributed by atoms with Crippen molar-refractivity contribution in [2.24, 2.45) is 0 Å². The highest BCUT2D eigenvalue weighted by atomic mass is 16.4. The number of amides is 5. The minimum Gasteiger partial charge on any atom is -0.507 e. The lowest BCUT2D eigenvalue weighted by Crippen LogP contribution is -2.55. The van der Waals surface area contributed by atoms with Crippen LogP contribution < -0.4 is 27.0 Å². The molecule has 0 saturated carbocycles. The third-order valence-electron chi connectivity index (χ3n) is 11.2. The fourth-order valence-electron chi connectivity index (χ4n) is 7.58. The van der Waals surface area contributed by atoms with Crippen LogP contribution >= 0.6 is 0 Å². The molecule has 63 heavy (non-hydrogen) atoms. The van der Waals surface area contributed by atoms with Gasteiger partial charge in [-0.15, -0.1) is 0 Å². The van der Waals surface area contributed by atoms with Crippen molar-refractivity contribution in [3.05, 3.63) is 107 Å². The standard InChI is InChI=1S/C48H58N6O9/c1-4-5-6-9-30-11-14-32(15-12-30)33-16-18-34(19-17-33)45(59)50-25-23-42(57)52-38(10-7-8-24-49)47(61)54(3)43-35-20-22-41(56)37(28-35)36-26-31(13-21-40(36)55)27-39(48(62)63)53-44(58)29(2)51-46(43)60/h11-22,26,28-29,38-39,43,55-56H,4-10,23-25,27,49H2,1-3H3,(H,50,59)(H,51,60)(H,52,57)(H,53,58)(H,62,63)/p+1/t29-,38-,39-,43-/m0/s1. The van der Waals surface area contributed by atoms with E-state index in [0.29, 0.717) is 30.5 Å². The van der Waals surface area contributed by atoms with Gasteiger partial charge < -0.3 is 47.2 Å². The third kappa shape index (κ3) is 12.7. The number of carboxylic acids is 1. The Hall–Kier alpha value is -6.74. The van der Waals surface area contributed by atoms with Crippen molar-refractivity contribution in [1.29, 1.82) is 0 Å². The molecule has 4 aromatic carbocycles. The van der Waals surface area contributed by atoms with Crippen LogP contribution in [0.1, 0.15) is 91.9 Å². The maximum Gasteiger partial charge on any atom is 0.326 e. The van der Waals surface area contributed by atoms with Gasteiger partial charge in [0.25, 0.3) is 5.91 Å². The van der Waals surface area contributed by atoms with E-state index in [4.69, 9.17) is 0 Å². The minimum atomic E-state index is -1.43. The van der Waals surface area contributed by atoms with Gasteiger partial charge in [-0.3, -0.25) is 24.0 Å². The Morgan fingerprint density at radius 2 is 1.48 bits per heavy atom. The summed E-state index contributed by atoms with van der Waals surface area (Å²) in [5.74, 6) is -4.93. The SMILES string of the molecule is CCCCCc1ccc(-c2ccc(C(=O)NCCC(=O)N[C@@H](CCCC[NH3+])C(=O)N(C)[C@@H]3C(=O)N[C@@H](C)C(=O)N[C@H](C(=O)O)Cc4ccc(O)c(c4)-c4cc3ccc4O)cc2)cc1. The number of carbonyl (C=O) groups is 6. The Bertz CT molecular complexity index is 2260. The van der Waals surface area contributed by atoms with Crippen molar-refractivity contribution in [2.75, 3.05) is 20.1 Å². The second-order valence-corrected chi connectivity index (χ2v) is 16.0. The van der Waals surface area contributed by atoms with E-state index in [0.717, 1.165) is 28.9 Å². The van der Waals surface area contributed by atoms with E-state index in [1.807, 2.05) is 12.1 Å². The molecular formula is C48H59N6O9+.